The summed E-state index contributed by atoms with van der Waals surface area (Å²) in [5.41, 5.74) is 4.18. The average molecular weight is 246 g/mol. The molecule has 16 heavy (non-hydrogen) atoms. The van der Waals surface area contributed by atoms with Crippen LogP contribution in [0.3, 0.4) is 0 Å². The van der Waals surface area contributed by atoms with E-state index in [1.807, 2.05) is 0 Å². The van der Waals surface area contributed by atoms with Gasteiger partial charge in [0, 0.05) is 18.9 Å². The van der Waals surface area contributed by atoms with E-state index in [2.05, 4.69) is 36.2 Å². The van der Waals surface area contributed by atoms with Crippen molar-refractivity contribution in [1.82, 2.24) is 0 Å². The molecule has 0 saturated carbocycles. The maximum atomic E-state index is 8.49. The minimum atomic E-state index is -4.94. The smallest absolute Gasteiger partial charge is 0.178 e. The van der Waals surface area contributed by atoms with E-state index in [-0.39, 0.29) is 0 Å². The normalized spacial score (nSPS) is 14.4. The van der Waals surface area contributed by atoms with E-state index < -0.39 is 10.2 Å². The van der Waals surface area contributed by atoms with Crippen LogP contribution in [0.15, 0.2) is 24.3 Å². The summed E-state index contributed by atoms with van der Waals surface area (Å²) >= 11 is 0. The Kier molecular flexibility index (Phi) is 4.40. The largest absolute Gasteiger partial charge is 0.245 e. The maximum Gasteiger partial charge on any atom is 0.178 e. The van der Waals surface area contributed by atoms with Crippen LogP contribution in [0.2, 0.25) is 0 Å². The molecule has 0 radical (unpaired) electrons. The number of fused-ring (bicyclic) bond motifs is 1. The monoisotopic (exact) mass is 245 g/mol. The Hall–Kier alpha value is -0.980. The van der Waals surface area contributed by atoms with Crippen molar-refractivity contribution in [2.75, 3.05) is 6.54 Å². The third-order valence-electron chi connectivity index (χ3n) is 2.21. The number of hydrogen-bond donors (Lipinski definition) is 1. The third kappa shape index (κ3) is 4.69. The molecule has 1 aliphatic rings. The van der Waals surface area contributed by atoms with Crippen molar-refractivity contribution in [2.24, 2.45) is 0 Å². The summed E-state index contributed by atoms with van der Waals surface area (Å²) in [5.74, 6) is 0. The molecule has 88 valence electrons. The highest BCUT2D eigenvalue weighted by atomic mass is 35.7. The Morgan fingerprint density at radius 2 is 1.69 bits per heavy atom. The first-order valence-electron chi connectivity index (χ1n) is 4.65. The molecule has 1 aliphatic heterocycles. The number of benzene rings is 1. The van der Waals surface area contributed by atoms with Gasteiger partial charge in [0.05, 0.1) is 0 Å². The van der Waals surface area contributed by atoms with Gasteiger partial charge in [0.15, 0.2) is 5.71 Å². The van der Waals surface area contributed by atoms with Crippen molar-refractivity contribution < 1.29 is 33.9 Å². The second-order valence-electron chi connectivity index (χ2n) is 3.34. The highest BCUT2D eigenvalue weighted by Crippen LogP contribution is 2.09. The minimum absolute atomic E-state index is 1.09. The lowest BCUT2D eigenvalue weighted by Gasteiger charge is -2.17. The molecule has 6 heteroatoms. The summed E-state index contributed by atoms with van der Waals surface area (Å²) in [6, 6.07) is 8.59. The number of nitrogens with one attached hydrogen (secondary N) is 1. The van der Waals surface area contributed by atoms with Gasteiger partial charge in [0.1, 0.15) is 6.54 Å². The standard InChI is InChI=1S/C10H11N.ClHO4/c1-8-10-5-3-2-4-9(10)6-7-11-8;2-1(3,4)5/h2-5H,6-7H2,1H3;(H,2,3,4,5). The molecule has 0 fully saturated rings. The first-order valence-corrected chi connectivity index (χ1v) is 5.89. The van der Waals surface area contributed by atoms with E-state index in [9.17, 15) is 0 Å². The summed E-state index contributed by atoms with van der Waals surface area (Å²) in [6.07, 6.45) is 1.16. The lowest BCUT2D eigenvalue weighted by molar-refractivity contribution is -2.00. The van der Waals surface area contributed by atoms with E-state index in [1.54, 1.807) is 0 Å². The fraction of sp³-hybridized carbons (Fsp3) is 0.300. The number of halogens is 1. The highest BCUT2D eigenvalue weighted by molar-refractivity contribution is 5.96. The topological polar surface area (TPSA) is 106 Å². The molecule has 0 spiro atoms. The SMILES string of the molecule is CC1=[NH+]CCc2ccccc21.[O-][Cl+3]([O-])([O-])[O-]. The average Bonchev–Trinajstić information content (AvgIpc) is 2.16. The molecule has 0 bridgehead atoms. The van der Waals surface area contributed by atoms with Gasteiger partial charge in [-0.05, 0) is 11.6 Å². The van der Waals surface area contributed by atoms with Gasteiger partial charge in [-0.3, -0.25) is 0 Å². The van der Waals surface area contributed by atoms with Crippen molar-refractivity contribution in [1.29, 1.82) is 0 Å². The Morgan fingerprint density at radius 1 is 1.12 bits per heavy atom. The van der Waals surface area contributed by atoms with E-state index in [4.69, 9.17) is 18.6 Å². The van der Waals surface area contributed by atoms with E-state index in [0.717, 1.165) is 13.0 Å². The first-order chi connectivity index (χ1) is 7.38. The van der Waals surface area contributed by atoms with Crippen LogP contribution in [0.1, 0.15) is 18.1 Å². The molecule has 0 aromatic heterocycles. The summed E-state index contributed by atoms with van der Waals surface area (Å²) in [4.78, 5) is 3.35. The number of rotatable bonds is 0. The molecule has 1 aromatic rings. The molecular weight excluding hydrogens is 234 g/mol. The van der Waals surface area contributed by atoms with Gasteiger partial charge in [0.25, 0.3) is 0 Å². The Morgan fingerprint density at radius 3 is 2.25 bits per heavy atom. The quantitative estimate of drug-likeness (QED) is 0.496. The lowest BCUT2D eigenvalue weighted by Crippen LogP contribution is -2.74. The highest BCUT2D eigenvalue weighted by Gasteiger charge is 2.13. The van der Waals surface area contributed by atoms with Crippen molar-refractivity contribution in [3.05, 3.63) is 35.4 Å². The van der Waals surface area contributed by atoms with Gasteiger partial charge in [0.2, 0.25) is 0 Å². The van der Waals surface area contributed by atoms with Crippen molar-refractivity contribution >= 4 is 5.71 Å². The molecule has 2 rings (SSSR count). The zero-order valence-electron chi connectivity index (χ0n) is 8.73. The Bertz CT molecular complexity index is 381. The van der Waals surface area contributed by atoms with Gasteiger partial charge >= 0.3 is 0 Å². The van der Waals surface area contributed by atoms with Gasteiger partial charge in [-0.2, -0.15) is 0 Å². The predicted molar refractivity (Wildman–Crippen MR) is 45.8 cm³/mol. The molecule has 1 heterocycles. The van der Waals surface area contributed by atoms with Gasteiger partial charge in [-0.1, -0.05) is 18.2 Å². The summed E-state index contributed by atoms with van der Waals surface area (Å²) < 4.78 is 34.0. The van der Waals surface area contributed by atoms with Crippen LogP contribution in [0.4, 0.5) is 0 Å². The molecule has 0 amide bonds. The van der Waals surface area contributed by atoms with Crippen molar-refractivity contribution in [2.45, 2.75) is 13.3 Å². The van der Waals surface area contributed by atoms with E-state index in [0.29, 0.717) is 0 Å². The van der Waals surface area contributed by atoms with Gasteiger partial charge in [-0.25, -0.2) is 23.6 Å². The minimum Gasteiger partial charge on any atom is -0.245 e. The molecule has 0 aliphatic carbocycles. The fourth-order valence-electron chi connectivity index (χ4n) is 1.58. The summed E-state index contributed by atoms with van der Waals surface area (Å²) in [6.45, 7) is 3.22. The van der Waals surface area contributed by atoms with Gasteiger partial charge in [-0.15, -0.1) is 10.2 Å². The zero-order chi connectivity index (χ0) is 12.2. The second kappa shape index (κ2) is 5.38. The summed E-state index contributed by atoms with van der Waals surface area (Å²) in [7, 11) is -4.94. The molecule has 0 saturated heterocycles. The van der Waals surface area contributed by atoms with Crippen LogP contribution in [0.25, 0.3) is 0 Å². The van der Waals surface area contributed by atoms with Crippen molar-refractivity contribution in [3.8, 4) is 0 Å². The molecular formula is C10H12ClNO4. The number of hydrogen-bond acceptors (Lipinski definition) is 4. The summed E-state index contributed by atoms with van der Waals surface area (Å²) in [5, 5.41) is 0. The van der Waals surface area contributed by atoms with Crippen LogP contribution < -0.4 is 23.6 Å². The molecule has 0 unspecified atom stereocenters. The fourth-order valence-corrected chi connectivity index (χ4v) is 1.58. The van der Waals surface area contributed by atoms with Crippen LogP contribution >= 0.6 is 0 Å². The van der Waals surface area contributed by atoms with Gasteiger partial charge < -0.3 is 0 Å². The van der Waals surface area contributed by atoms with Crippen LogP contribution in [0, 0.1) is 10.2 Å². The Balaban J connectivity index is 0.000000221. The first kappa shape index (κ1) is 13.1. The molecule has 1 N–H and O–H groups in total. The second-order valence-corrected chi connectivity index (χ2v) is 4.09. The van der Waals surface area contributed by atoms with Crippen molar-refractivity contribution in [3.63, 3.8) is 0 Å². The predicted octanol–water partition coefficient (Wildman–Crippen LogP) is -4.62. The van der Waals surface area contributed by atoms with Crippen LogP contribution in [-0.2, 0) is 6.42 Å². The lowest BCUT2D eigenvalue weighted by atomic mass is 9.99. The zero-order valence-corrected chi connectivity index (χ0v) is 9.49. The maximum absolute atomic E-state index is 8.49. The third-order valence-corrected chi connectivity index (χ3v) is 2.21. The van der Waals surface area contributed by atoms with Crippen LogP contribution in [-0.4, -0.2) is 12.3 Å². The van der Waals surface area contributed by atoms with Crippen LogP contribution in [0.5, 0.6) is 0 Å². The Labute approximate surface area is 95.4 Å². The molecule has 0 atom stereocenters. The molecule has 5 nitrogen and oxygen atoms in total. The molecule has 1 aromatic carbocycles. The van der Waals surface area contributed by atoms with E-state index in [1.165, 1.54) is 16.8 Å². The van der Waals surface area contributed by atoms with E-state index >= 15 is 0 Å².